The van der Waals surface area contributed by atoms with Gasteiger partial charge in [0, 0.05) is 12.6 Å². The molecule has 1 atom stereocenters. The van der Waals surface area contributed by atoms with Crippen molar-refractivity contribution in [2.24, 2.45) is 0 Å². The quantitative estimate of drug-likeness (QED) is 0.174. The largest absolute Gasteiger partial charge is 0.464 e. The number of hydrogen-bond donors (Lipinski definition) is 2. The molecule has 2 rings (SSSR count). The molecule has 0 aliphatic rings. The third-order valence-corrected chi connectivity index (χ3v) is 6.71. The Morgan fingerprint density at radius 2 is 1.50 bits per heavy atom. The molecule has 0 radical (unpaired) electrons. The van der Waals surface area contributed by atoms with Crippen molar-refractivity contribution in [3.63, 3.8) is 0 Å². The molecule has 7 nitrogen and oxygen atoms in total. The maximum Gasteiger partial charge on any atom is 0.426 e. The third kappa shape index (κ3) is 9.53. The van der Waals surface area contributed by atoms with Gasteiger partial charge in [-0.05, 0) is 35.9 Å². The van der Waals surface area contributed by atoms with Crippen LogP contribution in [0.15, 0.2) is 36.4 Å². The van der Waals surface area contributed by atoms with Crippen molar-refractivity contribution in [2.45, 2.75) is 24.4 Å². The molecule has 20 heteroatoms. The average molecular weight is 707 g/mol. The van der Waals surface area contributed by atoms with Crippen molar-refractivity contribution in [1.82, 2.24) is 15.3 Å². The summed E-state index contributed by atoms with van der Waals surface area (Å²) in [4.78, 5) is 36.3. The van der Waals surface area contributed by atoms with E-state index >= 15 is 4.39 Å². The Hall–Kier alpha value is -3.44. The minimum Gasteiger partial charge on any atom is -0.464 e. The Kier molecular flexibility index (Phi) is 11.4. The maximum absolute atomic E-state index is 15.1. The molecule has 2 aromatic carbocycles. The van der Waals surface area contributed by atoms with Gasteiger partial charge in [0.1, 0.15) is 24.8 Å². The molecule has 2 N–H and O–H groups in total. The molecule has 0 spiro atoms. The van der Waals surface area contributed by atoms with Crippen LogP contribution in [0.1, 0.15) is 33.0 Å². The summed E-state index contributed by atoms with van der Waals surface area (Å²) in [5.74, 6) is -8.17. The number of alkyl halides is 9. The fraction of sp³-hybridized carbons (Fsp3) is 0.292. The monoisotopic (exact) mass is 705 g/mol. The SMILES string of the molecule is CN(C(=O)O)N(CC(=O)NCC(F)(F)F)C(=O)c1ccc(C(F)=CC(c2cc(Cl)c(Cl)c(Cl)c2)C(F)(F)F)cc1C(F)(F)F. The fourth-order valence-electron chi connectivity index (χ4n) is 3.44. The number of nitrogens with zero attached hydrogens (tertiary/aromatic N) is 2. The van der Waals surface area contributed by atoms with Gasteiger partial charge in [-0.15, -0.1) is 0 Å². The molecule has 2 aromatic rings. The van der Waals surface area contributed by atoms with Gasteiger partial charge in [0.2, 0.25) is 5.91 Å². The Labute approximate surface area is 255 Å². The Bertz CT molecular complexity index is 1440. The van der Waals surface area contributed by atoms with Crippen molar-refractivity contribution in [1.29, 1.82) is 0 Å². The number of hydrazine groups is 1. The first-order chi connectivity index (χ1) is 19.9. The third-order valence-electron chi connectivity index (χ3n) is 5.51. The lowest BCUT2D eigenvalue weighted by atomic mass is 9.95. The number of allylic oxidation sites excluding steroid dienone is 1. The van der Waals surface area contributed by atoms with Crippen LogP contribution in [0.4, 0.5) is 48.7 Å². The van der Waals surface area contributed by atoms with Gasteiger partial charge in [-0.3, -0.25) is 9.59 Å². The first-order valence-electron chi connectivity index (χ1n) is 11.4. The molecule has 0 aromatic heterocycles. The van der Waals surface area contributed by atoms with E-state index < -0.39 is 93.6 Å². The molecule has 242 valence electrons. The number of halogens is 13. The average Bonchev–Trinajstić information content (AvgIpc) is 2.89. The van der Waals surface area contributed by atoms with Crippen molar-refractivity contribution < 1.29 is 63.4 Å². The van der Waals surface area contributed by atoms with Gasteiger partial charge in [0.05, 0.1) is 26.2 Å². The lowest BCUT2D eigenvalue weighted by Crippen LogP contribution is -2.52. The number of rotatable bonds is 7. The first kappa shape index (κ1) is 36.8. The van der Waals surface area contributed by atoms with Crippen LogP contribution in [0.25, 0.3) is 5.83 Å². The molecule has 1 unspecified atom stereocenters. The molecule has 0 bridgehead atoms. The topological polar surface area (TPSA) is 90.0 Å². The van der Waals surface area contributed by atoms with Gasteiger partial charge < -0.3 is 10.4 Å². The summed E-state index contributed by atoms with van der Waals surface area (Å²) in [6, 6.07) is 2.09. The van der Waals surface area contributed by atoms with E-state index in [2.05, 4.69) is 0 Å². The number of hydrogen-bond acceptors (Lipinski definition) is 3. The van der Waals surface area contributed by atoms with Gasteiger partial charge >= 0.3 is 24.6 Å². The van der Waals surface area contributed by atoms with Crippen LogP contribution in [-0.2, 0) is 11.0 Å². The number of carboxylic acid groups (broad SMARTS) is 1. The summed E-state index contributed by atoms with van der Waals surface area (Å²) in [5.41, 5.74) is -5.25. The van der Waals surface area contributed by atoms with Gasteiger partial charge in [0.15, 0.2) is 0 Å². The predicted molar refractivity (Wildman–Crippen MR) is 137 cm³/mol. The summed E-state index contributed by atoms with van der Waals surface area (Å²) in [5, 5.41) is 9.03. The van der Waals surface area contributed by atoms with Crippen molar-refractivity contribution >= 4 is 58.5 Å². The van der Waals surface area contributed by atoms with E-state index in [9.17, 15) is 59.0 Å². The fourth-order valence-corrected chi connectivity index (χ4v) is 4.05. The van der Waals surface area contributed by atoms with E-state index in [0.717, 1.165) is 0 Å². The zero-order valence-corrected chi connectivity index (χ0v) is 23.7. The number of amides is 3. The highest BCUT2D eigenvalue weighted by atomic mass is 35.5. The van der Waals surface area contributed by atoms with E-state index in [1.54, 1.807) is 0 Å². The molecule has 0 aliphatic carbocycles. The van der Waals surface area contributed by atoms with Crippen molar-refractivity contribution in [2.75, 3.05) is 20.1 Å². The van der Waals surface area contributed by atoms with Crippen LogP contribution in [0.2, 0.25) is 15.1 Å². The van der Waals surface area contributed by atoms with Crippen LogP contribution < -0.4 is 5.32 Å². The zero-order chi connectivity index (χ0) is 33.9. The highest BCUT2D eigenvalue weighted by Gasteiger charge is 2.42. The van der Waals surface area contributed by atoms with Crippen LogP contribution in [0, 0.1) is 0 Å². The van der Waals surface area contributed by atoms with E-state index in [-0.39, 0.29) is 33.2 Å². The lowest BCUT2D eigenvalue weighted by Gasteiger charge is -2.30. The van der Waals surface area contributed by atoms with E-state index in [1.807, 2.05) is 0 Å². The van der Waals surface area contributed by atoms with Crippen molar-refractivity contribution in [3.8, 4) is 0 Å². The van der Waals surface area contributed by atoms with Gasteiger partial charge in [-0.25, -0.2) is 19.2 Å². The second kappa shape index (κ2) is 13.7. The molecular weight excluding hydrogens is 691 g/mol. The number of carbonyl (C=O) groups is 3. The summed E-state index contributed by atoms with van der Waals surface area (Å²) in [6.07, 6.45) is -17.8. The maximum atomic E-state index is 15.1. The standard InChI is InChI=1S/C24H16Cl3F10N3O4/c1-39(21(43)44)40(8-18(41)38-9-22(29,30)31)20(42)12-3-2-10(4-14(12)24(35,36)37)17(28)7-13(23(32,33)34)11-5-15(25)19(27)16(26)6-11/h2-7,13H,8-9H2,1H3,(H,38,41)(H,43,44). The molecule has 0 saturated heterocycles. The minimum absolute atomic E-state index is 0.0585. The van der Waals surface area contributed by atoms with Crippen molar-refractivity contribution in [3.05, 3.63) is 73.7 Å². The van der Waals surface area contributed by atoms with E-state index in [0.29, 0.717) is 25.2 Å². The van der Waals surface area contributed by atoms with Crippen LogP contribution in [0.3, 0.4) is 0 Å². The highest BCUT2D eigenvalue weighted by Crippen LogP contribution is 2.43. The Morgan fingerprint density at radius 1 is 0.955 bits per heavy atom. The number of nitrogens with one attached hydrogen (secondary N) is 1. The summed E-state index contributed by atoms with van der Waals surface area (Å²) in [6.45, 7) is -3.43. The molecule has 0 aliphatic heterocycles. The van der Waals surface area contributed by atoms with Gasteiger partial charge in [0.25, 0.3) is 5.91 Å². The van der Waals surface area contributed by atoms with E-state index in [4.69, 9.17) is 34.8 Å². The highest BCUT2D eigenvalue weighted by molar-refractivity contribution is 6.48. The Morgan fingerprint density at radius 3 is 1.95 bits per heavy atom. The molecule has 0 heterocycles. The summed E-state index contributed by atoms with van der Waals surface area (Å²) < 4.78 is 136. The number of carbonyl (C=O) groups excluding carboxylic acids is 2. The van der Waals surface area contributed by atoms with E-state index in [1.165, 1.54) is 5.32 Å². The normalized spacial score (nSPS) is 13.4. The smallest absolute Gasteiger partial charge is 0.426 e. The molecule has 0 fully saturated rings. The zero-order valence-electron chi connectivity index (χ0n) is 21.4. The number of benzene rings is 2. The summed E-state index contributed by atoms with van der Waals surface area (Å²) >= 11 is 17.2. The van der Waals surface area contributed by atoms with Crippen LogP contribution >= 0.6 is 34.8 Å². The summed E-state index contributed by atoms with van der Waals surface area (Å²) in [7, 11) is 0.577. The van der Waals surface area contributed by atoms with Gasteiger partial charge in [-0.2, -0.15) is 39.5 Å². The molecular formula is C24H16Cl3F10N3O4. The predicted octanol–water partition coefficient (Wildman–Crippen LogP) is 7.97. The molecule has 44 heavy (non-hydrogen) atoms. The Balaban J connectivity index is 2.61. The lowest BCUT2D eigenvalue weighted by molar-refractivity contribution is -0.140. The van der Waals surface area contributed by atoms with Gasteiger partial charge in [-0.1, -0.05) is 40.9 Å². The second-order valence-corrected chi connectivity index (χ2v) is 9.84. The van der Waals surface area contributed by atoms with Crippen LogP contribution in [0.5, 0.6) is 0 Å². The minimum atomic E-state index is -5.52. The van der Waals surface area contributed by atoms with Crippen LogP contribution in [-0.4, -0.2) is 65.5 Å². The molecule has 0 saturated carbocycles. The first-order valence-corrected chi connectivity index (χ1v) is 12.5. The molecule has 3 amide bonds. The second-order valence-electron chi connectivity index (χ2n) is 8.65.